The number of hydrogen-bond acceptors (Lipinski definition) is 6. The zero-order chi connectivity index (χ0) is 11.7. The largest absolute Gasteiger partial charge is 0.399 e. The topological polar surface area (TPSA) is 63.4 Å². The van der Waals surface area contributed by atoms with E-state index in [9.17, 15) is 0 Å². The average molecular weight is 250 g/mol. The van der Waals surface area contributed by atoms with Crippen molar-refractivity contribution in [2.24, 2.45) is 0 Å². The number of hydrazine groups is 1. The summed E-state index contributed by atoms with van der Waals surface area (Å²) in [6.45, 7) is 3.31. The number of nitrogen functional groups attached to an aromatic ring is 1. The predicted molar refractivity (Wildman–Crippen MR) is 70.0 cm³/mol. The molecule has 0 aliphatic carbocycles. The van der Waals surface area contributed by atoms with Crippen molar-refractivity contribution in [1.82, 2.24) is 9.99 Å². The normalized spacial score (nSPS) is 17.4. The summed E-state index contributed by atoms with van der Waals surface area (Å²) in [5, 5.41) is 3.04. The maximum atomic E-state index is 5.75. The second kappa shape index (κ2) is 4.48. The lowest BCUT2D eigenvalue weighted by Crippen LogP contribution is -2.40. The first-order valence-electron chi connectivity index (χ1n) is 5.57. The molecule has 3 N–H and O–H groups in total. The summed E-state index contributed by atoms with van der Waals surface area (Å²) in [6, 6.07) is 5.78. The van der Waals surface area contributed by atoms with E-state index in [2.05, 4.69) is 15.4 Å². The monoisotopic (exact) mass is 250 g/mol. The summed E-state index contributed by atoms with van der Waals surface area (Å²) < 4.78 is 6.41. The van der Waals surface area contributed by atoms with Crippen molar-refractivity contribution >= 4 is 32.4 Å². The van der Waals surface area contributed by atoms with Gasteiger partial charge < -0.3 is 10.5 Å². The van der Waals surface area contributed by atoms with Crippen LogP contribution in [0.1, 0.15) is 0 Å². The highest BCUT2D eigenvalue weighted by atomic mass is 32.1. The van der Waals surface area contributed by atoms with Crippen molar-refractivity contribution in [3.8, 4) is 0 Å². The van der Waals surface area contributed by atoms with Gasteiger partial charge in [-0.3, -0.25) is 5.43 Å². The number of thiazole rings is 1. The minimum atomic E-state index is 0.769. The lowest BCUT2D eigenvalue weighted by molar-refractivity contribution is 0.0497. The molecule has 6 heteroatoms. The molecular weight excluding hydrogens is 236 g/mol. The molecule has 1 aromatic carbocycles. The minimum Gasteiger partial charge on any atom is -0.399 e. The Morgan fingerprint density at radius 3 is 3.00 bits per heavy atom. The van der Waals surface area contributed by atoms with Crippen LogP contribution in [-0.4, -0.2) is 36.3 Å². The van der Waals surface area contributed by atoms with E-state index in [4.69, 9.17) is 10.5 Å². The van der Waals surface area contributed by atoms with Crippen molar-refractivity contribution < 1.29 is 4.74 Å². The molecule has 1 aromatic heterocycles. The van der Waals surface area contributed by atoms with Crippen LogP contribution in [0, 0.1) is 0 Å². The number of nitrogens with two attached hydrogens (primary N) is 1. The van der Waals surface area contributed by atoms with Crippen LogP contribution in [0.15, 0.2) is 18.2 Å². The molecule has 5 nitrogen and oxygen atoms in total. The molecule has 2 aromatic rings. The SMILES string of the molecule is Nc1ccc2nc(NN3CCOCC3)sc2c1. The Hall–Kier alpha value is -1.37. The summed E-state index contributed by atoms with van der Waals surface area (Å²) in [5.74, 6) is 0. The van der Waals surface area contributed by atoms with E-state index in [0.717, 1.165) is 47.3 Å². The Balaban J connectivity index is 1.80. The van der Waals surface area contributed by atoms with Crippen molar-refractivity contribution in [3.05, 3.63) is 18.2 Å². The molecular formula is C11H14N4OS. The molecule has 3 rings (SSSR count). The molecule has 90 valence electrons. The third-order valence-electron chi connectivity index (χ3n) is 2.68. The van der Waals surface area contributed by atoms with Gasteiger partial charge in [0, 0.05) is 18.8 Å². The zero-order valence-corrected chi connectivity index (χ0v) is 10.2. The van der Waals surface area contributed by atoms with E-state index in [1.54, 1.807) is 11.3 Å². The number of morpholine rings is 1. The van der Waals surface area contributed by atoms with Gasteiger partial charge in [-0.1, -0.05) is 11.3 Å². The van der Waals surface area contributed by atoms with Crippen molar-refractivity contribution in [2.45, 2.75) is 0 Å². The Labute approximate surface area is 103 Å². The van der Waals surface area contributed by atoms with Crippen molar-refractivity contribution in [1.29, 1.82) is 0 Å². The van der Waals surface area contributed by atoms with Crippen LogP contribution in [-0.2, 0) is 4.74 Å². The smallest absolute Gasteiger partial charge is 0.198 e. The van der Waals surface area contributed by atoms with E-state index >= 15 is 0 Å². The summed E-state index contributed by atoms with van der Waals surface area (Å²) in [6.07, 6.45) is 0. The first-order chi connectivity index (χ1) is 8.31. The predicted octanol–water partition coefficient (Wildman–Crippen LogP) is 1.54. The van der Waals surface area contributed by atoms with Gasteiger partial charge in [-0.15, -0.1) is 0 Å². The van der Waals surface area contributed by atoms with Gasteiger partial charge in [0.15, 0.2) is 5.13 Å². The Morgan fingerprint density at radius 1 is 1.35 bits per heavy atom. The second-order valence-electron chi connectivity index (χ2n) is 3.96. The van der Waals surface area contributed by atoms with Crippen molar-refractivity contribution in [2.75, 3.05) is 37.5 Å². The van der Waals surface area contributed by atoms with E-state index in [-0.39, 0.29) is 0 Å². The molecule has 0 amide bonds. The summed E-state index contributed by atoms with van der Waals surface area (Å²) in [5.41, 5.74) is 10.8. The number of fused-ring (bicyclic) bond motifs is 1. The standard InChI is InChI=1S/C11H14N4OS/c12-8-1-2-9-10(7-8)17-11(13-9)14-15-3-5-16-6-4-15/h1-2,7H,3-6,12H2,(H,13,14). The molecule has 1 saturated heterocycles. The quantitative estimate of drug-likeness (QED) is 0.792. The summed E-state index contributed by atoms with van der Waals surface area (Å²) in [4.78, 5) is 4.52. The van der Waals surface area contributed by atoms with Gasteiger partial charge >= 0.3 is 0 Å². The highest BCUT2D eigenvalue weighted by Gasteiger charge is 2.12. The van der Waals surface area contributed by atoms with Gasteiger partial charge in [-0.05, 0) is 18.2 Å². The number of anilines is 2. The number of hydrogen-bond donors (Lipinski definition) is 2. The van der Waals surface area contributed by atoms with E-state index in [0.29, 0.717) is 0 Å². The molecule has 0 saturated carbocycles. The number of aromatic nitrogens is 1. The number of nitrogens with one attached hydrogen (secondary N) is 1. The Kier molecular flexibility index (Phi) is 2.84. The maximum Gasteiger partial charge on any atom is 0.198 e. The maximum absolute atomic E-state index is 5.75. The van der Waals surface area contributed by atoms with Gasteiger partial charge in [0.1, 0.15) is 0 Å². The van der Waals surface area contributed by atoms with Crippen LogP contribution in [0.2, 0.25) is 0 Å². The molecule has 0 unspecified atom stereocenters. The summed E-state index contributed by atoms with van der Waals surface area (Å²) in [7, 11) is 0. The molecule has 0 atom stereocenters. The van der Waals surface area contributed by atoms with Crippen LogP contribution in [0.5, 0.6) is 0 Å². The summed E-state index contributed by atoms with van der Waals surface area (Å²) >= 11 is 1.62. The van der Waals surface area contributed by atoms with Gasteiger partial charge in [0.25, 0.3) is 0 Å². The fourth-order valence-electron chi connectivity index (χ4n) is 1.80. The molecule has 1 fully saturated rings. The van der Waals surface area contributed by atoms with Gasteiger partial charge in [0.2, 0.25) is 0 Å². The third kappa shape index (κ3) is 2.33. The lowest BCUT2D eigenvalue weighted by atomic mass is 10.3. The Bertz CT molecular complexity index is 521. The van der Waals surface area contributed by atoms with Crippen LogP contribution in [0.25, 0.3) is 10.2 Å². The van der Waals surface area contributed by atoms with Gasteiger partial charge in [0.05, 0.1) is 23.4 Å². The number of ether oxygens (including phenoxy) is 1. The van der Waals surface area contributed by atoms with E-state index in [1.807, 2.05) is 18.2 Å². The molecule has 17 heavy (non-hydrogen) atoms. The fourth-order valence-corrected chi connectivity index (χ4v) is 2.74. The first-order valence-corrected chi connectivity index (χ1v) is 6.38. The van der Waals surface area contributed by atoms with E-state index < -0.39 is 0 Å². The van der Waals surface area contributed by atoms with Crippen molar-refractivity contribution in [3.63, 3.8) is 0 Å². The average Bonchev–Trinajstić information content (AvgIpc) is 2.71. The minimum absolute atomic E-state index is 0.769. The van der Waals surface area contributed by atoms with E-state index in [1.165, 1.54) is 0 Å². The molecule has 0 spiro atoms. The van der Waals surface area contributed by atoms with Gasteiger partial charge in [-0.25, -0.2) is 9.99 Å². The molecule has 0 radical (unpaired) electrons. The molecule has 0 bridgehead atoms. The van der Waals surface area contributed by atoms with Crippen LogP contribution in [0.3, 0.4) is 0 Å². The first kappa shape index (κ1) is 10.8. The number of nitrogens with zero attached hydrogens (tertiary/aromatic N) is 2. The van der Waals surface area contributed by atoms with Crippen LogP contribution < -0.4 is 11.2 Å². The molecule has 2 heterocycles. The fraction of sp³-hybridized carbons (Fsp3) is 0.364. The lowest BCUT2D eigenvalue weighted by Gasteiger charge is -2.26. The third-order valence-corrected chi connectivity index (χ3v) is 3.60. The number of benzene rings is 1. The zero-order valence-electron chi connectivity index (χ0n) is 9.35. The second-order valence-corrected chi connectivity index (χ2v) is 4.99. The van der Waals surface area contributed by atoms with Gasteiger partial charge in [-0.2, -0.15) is 0 Å². The number of rotatable bonds is 2. The molecule has 1 aliphatic heterocycles. The molecule has 1 aliphatic rings. The highest BCUT2D eigenvalue weighted by Crippen LogP contribution is 2.27. The highest BCUT2D eigenvalue weighted by molar-refractivity contribution is 7.22. The Morgan fingerprint density at radius 2 is 2.18 bits per heavy atom. The van der Waals surface area contributed by atoms with Crippen LogP contribution in [0.4, 0.5) is 10.8 Å². The van der Waals surface area contributed by atoms with Crippen LogP contribution >= 0.6 is 11.3 Å².